The molecule has 0 spiro atoms. The van der Waals surface area contributed by atoms with E-state index in [1.807, 2.05) is 0 Å². The Hall–Kier alpha value is -1.15. The summed E-state index contributed by atoms with van der Waals surface area (Å²) in [6.07, 6.45) is 9.79. The highest BCUT2D eigenvalue weighted by atomic mass is 16.1. The van der Waals surface area contributed by atoms with E-state index in [0.717, 1.165) is 25.7 Å². The maximum atomic E-state index is 12.7. The molecule has 0 aliphatic heterocycles. The van der Waals surface area contributed by atoms with Crippen molar-refractivity contribution >= 4 is 5.78 Å². The number of rotatable bonds is 4. The lowest BCUT2D eigenvalue weighted by Gasteiger charge is -2.34. The molecule has 2 nitrogen and oxygen atoms in total. The van der Waals surface area contributed by atoms with Gasteiger partial charge in [0.1, 0.15) is 5.78 Å². The summed E-state index contributed by atoms with van der Waals surface area (Å²) in [5.74, 6) is 0.373. The summed E-state index contributed by atoms with van der Waals surface area (Å²) >= 11 is 0. The van der Waals surface area contributed by atoms with Gasteiger partial charge in [-0.3, -0.25) is 4.79 Å². The molecule has 0 heterocycles. The number of carbonyl (C=O) groups excluding carboxylic acids is 1. The first-order chi connectivity index (χ1) is 9.73. The highest BCUT2D eigenvalue weighted by Gasteiger charge is 2.37. The molecule has 0 atom stereocenters. The Morgan fingerprint density at radius 2 is 1.80 bits per heavy atom. The molecule has 2 N–H and O–H groups in total. The van der Waals surface area contributed by atoms with Crippen molar-refractivity contribution in [1.29, 1.82) is 0 Å². The molecule has 1 aromatic rings. The van der Waals surface area contributed by atoms with Crippen LogP contribution in [0, 0.1) is 5.41 Å². The van der Waals surface area contributed by atoms with Crippen LogP contribution in [0.15, 0.2) is 18.2 Å². The minimum Gasteiger partial charge on any atom is -0.329 e. The third-order valence-electron chi connectivity index (χ3n) is 5.32. The molecule has 3 rings (SSSR count). The highest BCUT2D eigenvalue weighted by molar-refractivity contribution is 5.87. The molecular weight excluding hydrogens is 246 g/mol. The first-order valence-corrected chi connectivity index (χ1v) is 8.08. The molecule has 108 valence electrons. The van der Waals surface area contributed by atoms with Crippen LogP contribution in [-0.2, 0) is 24.1 Å². The second kappa shape index (κ2) is 5.69. The minimum atomic E-state index is -0.225. The predicted molar refractivity (Wildman–Crippen MR) is 81.8 cm³/mol. The van der Waals surface area contributed by atoms with Crippen LogP contribution < -0.4 is 5.73 Å². The number of hydrogen-bond donors (Lipinski definition) is 1. The van der Waals surface area contributed by atoms with Gasteiger partial charge < -0.3 is 5.73 Å². The molecule has 1 aromatic carbocycles. The summed E-state index contributed by atoms with van der Waals surface area (Å²) in [6, 6.07) is 6.63. The zero-order valence-electron chi connectivity index (χ0n) is 12.3. The molecule has 2 heteroatoms. The molecular formula is C18H25NO. The summed E-state index contributed by atoms with van der Waals surface area (Å²) in [6.45, 7) is 0.525. The van der Waals surface area contributed by atoms with Crippen molar-refractivity contribution in [3.63, 3.8) is 0 Å². The molecule has 1 saturated carbocycles. The smallest absolute Gasteiger partial charge is 0.144 e. The lowest BCUT2D eigenvalue weighted by Crippen LogP contribution is -2.41. The third kappa shape index (κ3) is 2.54. The topological polar surface area (TPSA) is 43.1 Å². The van der Waals surface area contributed by atoms with Gasteiger partial charge in [-0.05, 0) is 48.8 Å². The molecule has 0 aromatic heterocycles. The van der Waals surface area contributed by atoms with Gasteiger partial charge in [0, 0.05) is 18.4 Å². The van der Waals surface area contributed by atoms with E-state index in [1.165, 1.54) is 42.4 Å². The fourth-order valence-corrected chi connectivity index (χ4v) is 3.93. The molecule has 0 radical (unpaired) electrons. The average molecular weight is 271 g/mol. The van der Waals surface area contributed by atoms with Gasteiger partial charge in [-0.25, -0.2) is 0 Å². The minimum absolute atomic E-state index is 0.225. The highest BCUT2D eigenvalue weighted by Crippen LogP contribution is 2.37. The number of Topliss-reactive ketones (excluding diaryl/α,β-unsaturated/α-hetero) is 1. The molecule has 0 amide bonds. The van der Waals surface area contributed by atoms with Crippen molar-refractivity contribution in [2.45, 2.75) is 57.8 Å². The second-order valence-corrected chi connectivity index (χ2v) is 6.60. The van der Waals surface area contributed by atoms with Gasteiger partial charge in [0.15, 0.2) is 0 Å². The first kappa shape index (κ1) is 13.8. The van der Waals surface area contributed by atoms with Crippen molar-refractivity contribution in [1.82, 2.24) is 0 Å². The molecule has 0 bridgehead atoms. The van der Waals surface area contributed by atoms with E-state index in [4.69, 9.17) is 5.73 Å². The van der Waals surface area contributed by atoms with E-state index >= 15 is 0 Å². The molecule has 1 fully saturated rings. The molecule has 0 saturated heterocycles. The number of aryl methyl sites for hydroxylation is 2. The molecule has 2 aliphatic carbocycles. The van der Waals surface area contributed by atoms with Crippen molar-refractivity contribution < 1.29 is 4.79 Å². The Bertz CT molecular complexity index is 500. The summed E-state index contributed by atoms with van der Waals surface area (Å²) in [7, 11) is 0. The summed E-state index contributed by atoms with van der Waals surface area (Å²) in [5, 5.41) is 0. The fourth-order valence-electron chi connectivity index (χ4n) is 3.93. The van der Waals surface area contributed by atoms with E-state index in [1.54, 1.807) is 0 Å². The van der Waals surface area contributed by atoms with Gasteiger partial charge in [-0.2, -0.15) is 0 Å². The third-order valence-corrected chi connectivity index (χ3v) is 5.32. The van der Waals surface area contributed by atoms with E-state index in [0.29, 0.717) is 18.7 Å². The normalized spacial score (nSPS) is 20.6. The summed E-state index contributed by atoms with van der Waals surface area (Å²) in [5.41, 5.74) is 9.86. The van der Waals surface area contributed by atoms with Crippen LogP contribution in [-0.4, -0.2) is 12.3 Å². The molecule has 0 unspecified atom stereocenters. The Balaban J connectivity index is 1.74. The maximum absolute atomic E-state index is 12.7. The second-order valence-electron chi connectivity index (χ2n) is 6.60. The Morgan fingerprint density at radius 3 is 2.55 bits per heavy atom. The monoisotopic (exact) mass is 271 g/mol. The van der Waals surface area contributed by atoms with E-state index in [2.05, 4.69) is 18.2 Å². The van der Waals surface area contributed by atoms with Gasteiger partial charge in [-0.15, -0.1) is 0 Å². The number of nitrogens with two attached hydrogens (primary N) is 1. The number of ketones is 1. The summed E-state index contributed by atoms with van der Waals surface area (Å²) < 4.78 is 0. The fraction of sp³-hybridized carbons (Fsp3) is 0.611. The van der Waals surface area contributed by atoms with Crippen LogP contribution >= 0.6 is 0 Å². The van der Waals surface area contributed by atoms with Crippen LogP contribution in [0.5, 0.6) is 0 Å². The lowest BCUT2D eigenvalue weighted by molar-refractivity contribution is -0.129. The number of fused-ring (bicyclic) bond motifs is 1. The largest absolute Gasteiger partial charge is 0.329 e. The number of hydrogen-bond acceptors (Lipinski definition) is 2. The van der Waals surface area contributed by atoms with Crippen LogP contribution in [0.3, 0.4) is 0 Å². The molecule has 20 heavy (non-hydrogen) atoms. The van der Waals surface area contributed by atoms with Crippen molar-refractivity contribution in [3.8, 4) is 0 Å². The van der Waals surface area contributed by atoms with E-state index < -0.39 is 0 Å². The van der Waals surface area contributed by atoms with Gasteiger partial charge in [0.05, 0.1) is 0 Å². The van der Waals surface area contributed by atoms with E-state index in [9.17, 15) is 4.79 Å². The maximum Gasteiger partial charge on any atom is 0.144 e. The van der Waals surface area contributed by atoms with E-state index in [-0.39, 0.29) is 5.41 Å². The van der Waals surface area contributed by atoms with Gasteiger partial charge in [0.2, 0.25) is 0 Å². The quantitative estimate of drug-likeness (QED) is 0.914. The zero-order valence-corrected chi connectivity index (χ0v) is 12.3. The average Bonchev–Trinajstić information content (AvgIpc) is 2.95. The lowest BCUT2D eigenvalue weighted by atomic mass is 9.70. The number of benzene rings is 1. The van der Waals surface area contributed by atoms with Crippen LogP contribution in [0.4, 0.5) is 0 Å². The van der Waals surface area contributed by atoms with Gasteiger partial charge in [-0.1, -0.05) is 37.5 Å². The van der Waals surface area contributed by atoms with Crippen molar-refractivity contribution in [3.05, 3.63) is 34.9 Å². The predicted octanol–water partition coefficient (Wildman–Crippen LogP) is 3.20. The first-order valence-electron chi connectivity index (χ1n) is 8.08. The van der Waals surface area contributed by atoms with Crippen molar-refractivity contribution in [2.75, 3.05) is 6.54 Å². The van der Waals surface area contributed by atoms with Crippen LogP contribution in [0.2, 0.25) is 0 Å². The molecule has 2 aliphatic rings. The van der Waals surface area contributed by atoms with Crippen LogP contribution in [0.1, 0.15) is 55.2 Å². The Morgan fingerprint density at radius 1 is 1.05 bits per heavy atom. The van der Waals surface area contributed by atoms with Gasteiger partial charge in [0.25, 0.3) is 0 Å². The van der Waals surface area contributed by atoms with Crippen molar-refractivity contribution in [2.24, 2.45) is 11.1 Å². The van der Waals surface area contributed by atoms with Crippen LogP contribution in [0.25, 0.3) is 0 Å². The standard InChI is InChI=1S/C18H25NO/c19-13-18(9-2-1-3-10-18)17(20)12-14-7-8-15-5-4-6-16(15)11-14/h7-8,11H,1-6,9-10,12-13,19H2. The zero-order chi connectivity index (χ0) is 14.0. The SMILES string of the molecule is NCC1(C(=O)Cc2ccc3c(c2)CCC3)CCCCC1. The summed E-state index contributed by atoms with van der Waals surface area (Å²) in [4.78, 5) is 12.7. The number of carbonyl (C=O) groups is 1. The Labute approximate surface area is 121 Å². The van der Waals surface area contributed by atoms with Gasteiger partial charge >= 0.3 is 0 Å². The Kier molecular flexibility index (Phi) is 3.93.